The van der Waals surface area contributed by atoms with E-state index in [0.717, 1.165) is 0 Å². The molecule has 9 heteroatoms. The van der Waals surface area contributed by atoms with Gasteiger partial charge in [-0.2, -0.15) is 0 Å². The van der Waals surface area contributed by atoms with Gasteiger partial charge in [0.1, 0.15) is 11.5 Å². The van der Waals surface area contributed by atoms with E-state index in [1.54, 1.807) is 84.9 Å². The second-order valence-electron chi connectivity index (χ2n) is 7.97. The number of nitrogens with one attached hydrogen (secondary N) is 2. The zero-order valence-electron chi connectivity index (χ0n) is 19.9. The number of nitro benzene ring substituents is 1. The van der Waals surface area contributed by atoms with Crippen molar-refractivity contribution in [2.45, 2.75) is 0 Å². The van der Waals surface area contributed by atoms with E-state index in [-0.39, 0.29) is 17.2 Å². The quantitative estimate of drug-likeness (QED) is 0.133. The zero-order chi connectivity index (χ0) is 26.9. The molecule has 1 aromatic heterocycles. The van der Waals surface area contributed by atoms with Gasteiger partial charge < -0.3 is 15.1 Å². The van der Waals surface area contributed by atoms with Gasteiger partial charge in [0, 0.05) is 35.0 Å². The van der Waals surface area contributed by atoms with Crippen LogP contribution in [0.25, 0.3) is 12.2 Å². The number of non-ortho nitro benzene ring substituents is 1. The SMILES string of the molecule is O=C(Nc1ccc(C(=O)/C=C/c2ccc([N+](=O)[O-])cc2)cc1)/C(=C/c1ccco1)NC(=O)c1ccccc1. The summed E-state index contributed by atoms with van der Waals surface area (Å²) in [6.07, 6.45) is 5.78. The number of hydrogen-bond acceptors (Lipinski definition) is 6. The maximum absolute atomic E-state index is 13.0. The average molecular weight is 508 g/mol. The van der Waals surface area contributed by atoms with Crippen molar-refractivity contribution in [2.24, 2.45) is 0 Å². The highest BCUT2D eigenvalue weighted by atomic mass is 16.6. The molecule has 0 bridgehead atoms. The number of ketones is 1. The fourth-order valence-electron chi connectivity index (χ4n) is 3.35. The molecule has 9 nitrogen and oxygen atoms in total. The third-order valence-electron chi connectivity index (χ3n) is 5.32. The lowest BCUT2D eigenvalue weighted by Gasteiger charge is -2.11. The van der Waals surface area contributed by atoms with Crippen molar-refractivity contribution < 1.29 is 23.7 Å². The molecule has 0 aliphatic rings. The van der Waals surface area contributed by atoms with Gasteiger partial charge in [0.2, 0.25) is 0 Å². The molecule has 2 N–H and O–H groups in total. The summed E-state index contributed by atoms with van der Waals surface area (Å²) in [5, 5.41) is 16.1. The van der Waals surface area contributed by atoms with Crippen LogP contribution in [-0.2, 0) is 4.79 Å². The third kappa shape index (κ3) is 6.76. The molecular weight excluding hydrogens is 486 g/mol. The number of furan rings is 1. The number of amides is 2. The molecule has 0 spiro atoms. The molecule has 2 amide bonds. The first-order chi connectivity index (χ1) is 18.4. The van der Waals surface area contributed by atoms with Crippen LogP contribution in [0.15, 0.2) is 113 Å². The monoisotopic (exact) mass is 507 g/mol. The summed E-state index contributed by atoms with van der Waals surface area (Å²) in [6.45, 7) is 0. The first-order valence-electron chi connectivity index (χ1n) is 11.4. The Balaban J connectivity index is 1.43. The first kappa shape index (κ1) is 25.5. The van der Waals surface area contributed by atoms with Crippen LogP contribution >= 0.6 is 0 Å². The van der Waals surface area contributed by atoms with Crippen LogP contribution in [0.1, 0.15) is 32.0 Å². The highest BCUT2D eigenvalue weighted by Gasteiger charge is 2.16. The normalized spacial score (nSPS) is 11.2. The lowest BCUT2D eigenvalue weighted by atomic mass is 10.1. The van der Waals surface area contributed by atoms with Crippen molar-refractivity contribution in [3.05, 3.63) is 142 Å². The average Bonchev–Trinajstić information content (AvgIpc) is 3.45. The maximum Gasteiger partial charge on any atom is 0.272 e. The molecule has 0 saturated carbocycles. The number of carbonyl (C=O) groups excluding carboxylic acids is 3. The minimum Gasteiger partial charge on any atom is -0.465 e. The molecule has 0 aliphatic carbocycles. The molecule has 1 heterocycles. The maximum atomic E-state index is 13.0. The number of anilines is 1. The Morgan fingerprint density at radius 2 is 1.53 bits per heavy atom. The third-order valence-corrected chi connectivity index (χ3v) is 5.32. The van der Waals surface area contributed by atoms with Crippen LogP contribution < -0.4 is 10.6 Å². The molecule has 0 saturated heterocycles. The van der Waals surface area contributed by atoms with E-state index in [1.165, 1.54) is 30.5 Å². The topological polar surface area (TPSA) is 132 Å². The predicted octanol–water partition coefficient (Wildman–Crippen LogP) is 5.49. The number of allylic oxidation sites excluding steroid dienone is 1. The van der Waals surface area contributed by atoms with Gasteiger partial charge in [-0.15, -0.1) is 0 Å². The molecule has 188 valence electrons. The van der Waals surface area contributed by atoms with Gasteiger partial charge in [-0.3, -0.25) is 24.5 Å². The molecule has 0 unspecified atom stereocenters. The summed E-state index contributed by atoms with van der Waals surface area (Å²) in [7, 11) is 0. The van der Waals surface area contributed by atoms with Gasteiger partial charge >= 0.3 is 0 Å². The lowest BCUT2D eigenvalue weighted by molar-refractivity contribution is -0.384. The van der Waals surface area contributed by atoms with Crippen LogP contribution in [0, 0.1) is 10.1 Å². The van der Waals surface area contributed by atoms with E-state index in [2.05, 4.69) is 10.6 Å². The second-order valence-corrected chi connectivity index (χ2v) is 7.97. The van der Waals surface area contributed by atoms with Crippen molar-refractivity contribution in [3.63, 3.8) is 0 Å². The minimum absolute atomic E-state index is 0.0278. The van der Waals surface area contributed by atoms with Gasteiger partial charge in [0.15, 0.2) is 5.78 Å². The Hall–Kier alpha value is -5.57. The molecule has 3 aromatic carbocycles. The molecule has 0 fully saturated rings. The lowest BCUT2D eigenvalue weighted by Crippen LogP contribution is -2.30. The minimum atomic E-state index is -0.581. The summed E-state index contributed by atoms with van der Waals surface area (Å²) < 4.78 is 5.28. The van der Waals surface area contributed by atoms with E-state index in [4.69, 9.17) is 4.42 Å². The van der Waals surface area contributed by atoms with Crippen LogP contribution in [-0.4, -0.2) is 22.5 Å². The van der Waals surface area contributed by atoms with Crippen molar-refractivity contribution in [1.29, 1.82) is 0 Å². The van der Waals surface area contributed by atoms with Crippen molar-refractivity contribution in [2.75, 3.05) is 5.32 Å². The molecule has 0 aliphatic heterocycles. The molecular formula is C29H21N3O6. The Labute approximate surface area is 217 Å². The highest BCUT2D eigenvalue weighted by molar-refractivity contribution is 6.11. The molecule has 38 heavy (non-hydrogen) atoms. The van der Waals surface area contributed by atoms with Crippen LogP contribution in [0.3, 0.4) is 0 Å². The number of carbonyl (C=O) groups is 3. The Bertz CT molecular complexity index is 1510. The summed E-state index contributed by atoms with van der Waals surface area (Å²) in [5.41, 5.74) is 1.75. The van der Waals surface area contributed by atoms with E-state index in [9.17, 15) is 24.5 Å². The van der Waals surface area contributed by atoms with E-state index in [1.807, 2.05) is 0 Å². The Morgan fingerprint density at radius 1 is 0.816 bits per heavy atom. The largest absolute Gasteiger partial charge is 0.465 e. The van der Waals surface area contributed by atoms with Gasteiger partial charge in [0.25, 0.3) is 17.5 Å². The van der Waals surface area contributed by atoms with E-state index in [0.29, 0.717) is 28.1 Å². The Kier molecular flexibility index (Phi) is 8.00. The molecule has 4 aromatic rings. The number of nitrogens with zero attached hydrogens (tertiary/aromatic N) is 1. The molecule has 4 rings (SSSR count). The smallest absolute Gasteiger partial charge is 0.272 e. The fourth-order valence-corrected chi connectivity index (χ4v) is 3.35. The van der Waals surface area contributed by atoms with Crippen LogP contribution in [0.4, 0.5) is 11.4 Å². The summed E-state index contributed by atoms with van der Waals surface area (Å²) in [6, 6.07) is 23.8. The van der Waals surface area contributed by atoms with Crippen LogP contribution in [0.5, 0.6) is 0 Å². The van der Waals surface area contributed by atoms with Crippen LogP contribution in [0.2, 0.25) is 0 Å². The Morgan fingerprint density at radius 3 is 2.16 bits per heavy atom. The fraction of sp³-hybridized carbons (Fsp3) is 0. The van der Waals surface area contributed by atoms with Crippen molar-refractivity contribution in [1.82, 2.24) is 5.32 Å². The standard InChI is InChI=1S/C29H21N3O6/c33-27(17-10-20-8-15-24(16-9-20)32(36)37)21-11-13-23(14-12-21)30-29(35)26(19-25-7-4-18-38-25)31-28(34)22-5-2-1-3-6-22/h1-19H,(H,30,35)(H,31,34)/b17-10+,26-19-. The predicted molar refractivity (Wildman–Crippen MR) is 142 cm³/mol. The van der Waals surface area contributed by atoms with E-state index >= 15 is 0 Å². The summed E-state index contributed by atoms with van der Waals surface area (Å²) >= 11 is 0. The van der Waals surface area contributed by atoms with Crippen molar-refractivity contribution >= 4 is 41.1 Å². The van der Waals surface area contributed by atoms with Gasteiger partial charge in [-0.1, -0.05) is 24.3 Å². The van der Waals surface area contributed by atoms with Gasteiger partial charge in [-0.25, -0.2) is 0 Å². The summed E-state index contributed by atoms with van der Waals surface area (Å²) in [5.74, 6) is -0.943. The second kappa shape index (κ2) is 11.9. The van der Waals surface area contributed by atoms with E-state index < -0.39 is 16.7 Å². The molecule has 0 radical (unpaired) electrons. The van der Waals surface area contributed by atoms with Gasteiger partial charge in [-0.05, 0) is 72.3 Å². The zero-order valence-corrected chi connectivity index (χ0v) is 19.9. The highest BCUT2D eigenvalue weighted by Crippen LogP contribution is 2.16. The number of hydrogen-bond donors (Lipinski definition) is 2. The molecule has 0 atom stereocenters. The first-order valence-corrected chi connectivity index (χ1v) is 11.4. The van der Waals surface area contributed by atoms with Crippen molar-refractivity contribution in [3.8, 4) is 0 Å². The number of nitro groups is 1. The summed E-state index contributed by atoms with van der Waals surface area (Å²) in [4.78, 5) is 48.4. The number of benzene rings is 3. The number of rotatable bonds is 9. The van der Waals surface area contributed by atoms with Gasteiger partial charge in [0.05, 0.1) is 11.2 Å².